The topological polar surface area (TPSA) is 41.9 Å². The predicted molar refractivity (Wildman–Crippen MR) is 103 cm³/mol. The highest BCUT2D eigenvalue weighted by Crippen LogP contribution is 2.65. The molecule has 0 spiro atoms. The zero-order chi connectivity index (χ0) is 18.1. The Hall–Kier alpha value is -1.36. The van der Waals surface area contributed by atoms with Crippen LogP contribution in [0.2, 0.25) is 0 Å². The average molecular weight is 417 g/mol. The molecule has 0 radical (unpaired) electrons. The number of hydrogen-bond acceptors (Lipinski definition) is 3. The molecule has 0 aromatic heterocycles. The van der Waals surface area contributed by atoms with Crippen LogP contribution in [-0.2, 0) is 9.53 Å². The fraction of sp³-hybridized carbons (Fsp3) is 0.619. The van der Waals surface area contributed by atoms with E-state index in [4.69, 9.17) is 4.74 Å². The van der Waals surface area contributed by atoms with Crippen LogP contribution in [-0.4, -0.2) is 22.5 Å². The van der Waals surface area contributed by atoms with E-state index in [1.807, 2.05) is 24.3 Å². The van der Waals surface area contributed by atoms with Gasteiger partial charge in [-0.3, -0.25) is 4.79 Å². The van der Waals surface area contributed by atoms with Crippen molar-refractivity contribution in [3.05, 3.63) is 34.3 Å². The number of hydrogen-bond donors (Lipinski definition) is 0. The highest BCUT2D eigenvalue weighted by molar-refractivity contribution is 9.10. The minimum absolute atomic E-state index is 0.0324. The number of nitrogens with zero attached hydrogens (tertiary/aromatic N) is 2. The highest BCUT2D eigenvalue weighted by Gasteiger charge is 2.65. The van der Waals surface area contributed by atoms with Gasteiger partial charge in [0.1, 0.15) is 0 Å². The summed E-state index contributed by atoms with van der Waals surface area (Å²) in [5.74, 6) is 2.93. The number of hydrazone groups is 1. The fourth-order valence-electron chi connectivity index (χ4n) is 6.56. The summed E-state index contributed by atoms with van der Waals surface area (Å²) in [6.07, 6.45) is 7.61. The molecule has 1 aromatic carbocycles. The normalized spacial score (nSPS) is 40.5. The van der Waals surface area contributed by atoms with Crippen molar-refractivity contribution in [2.24, 2.45) is 28.3 Å². The molecule has 4 aliphatic carbocycles. The molecule has 1 aromatic rings. The maximum Gasteiger partial charge on any atom is 0.243 e. The molecule has 4 nitrogen and oxygen atoms in total. The van der Waals surface area contributed by atoms with Crippen LogP contribution in [0.3, 0.4) is 0 Å². The first-order chi connectivity index (χ1) is 12.4. The molecule has 1 aliphatic heterocycles. The zero-order valence-electron chi connectivity index (χ0n) is 15.4. The summed E-state index contributed by atoms with van der Waals surface area (Å²) in [5, 5.41) is 6.32. The molecule has 4 fully saturated rings. The van der Waals surface area contributed by atoms with Gasteiger partial charge in [0.05, 0.1) is 0 Å². The quantitative estimate of drug-likeness (QED) is 0.686. The number of amides is 1. The Balaban J connectivity index is 1.55. The van der Waals surface area contributed by atoms with Crippen molar-refractivity contribution in [2.75, 3.05) is 0 Å². The van der Waals surface area contributed by atoms with Gasteiger partial charge in [0.2, 0.25) is 17.5 Å². The van der Waals surface area contributed by atoms with Crippen LogP contribution in [0.4, 0.5) is 0 Å². The van der Waals surface area contributed by atoms with Gasteiger partial charge in [-0.05, 0) is 81.4 Å². The Morgan fingerprint density at radius 3 is 2.35 bits per heavy atom. The van der Waals surface area contributed by atoms with E-state index >= 15 is 0 Å². The van der Waals surface area contributed by atoms with Gasteiger partial charge < -0.3 is 4.74 Å². The average Bonchev–Trinajstić information content (AvgIpc) is 2.94. The molecule has 138 valence electrons. The minimum Gasteiger partial charge on any atom is -0.447 e. The Bertz CT molecular complexity index is 770. The number of benzene rings is 1. The van der Waals surface area contributed by atoms with E-state index in [0.29, 0.717) is 5.90 Å². The molecule has 0 N–H and O–H groups in total. The second-order valence-corrected chi connectivity index (χ2v) is 9.94. The van der Waals surface area contributed by atoms with Crippen LogP contribution in [0, 0.1) is 23.2 Å². The summed E-state index contributed by atoms with van der Waals surface area (Å²) in [6.45, 7) is 3.71. The molecule has 6 rings (SSSR count). The van der Waals surface area contributed by atoms with Gasteiger partial charge in [-0.15, -0.1) is 5.10 Å². The van der Waals surface area contributed by atoms with Crippen LogP contribution < -0.4 is 0 Å². The molecule has 4 saturated carbocycles. The SMILES string of the molecule is CC(=O)N1N=C(c2cccc(Br)c2)O[C@@]1(C)C12CC3CC(CC(C3)C1)C2. The second kappa shape index (κ2) is 5.57. The van der Waals surface area contributed by atoms with Crippen molar-refractivity contribution in [2.45, 2.75) is 58.1 Å². The lowest BCUT2D eigenvalue weighted by atomic mass is 9.47. The largest absolute Gasteiger partial charge is 0.447 e. The number of ether oxygens (including phenoxy) is 1. The first kappa shape index (κ1) is 16.8. The lowest BCUT2D eigenvalue weighted by molar-refractivity contribution is -0.216. The molecule has 1 atom stereocenters. The predicted octanol–water partition coefficient (Wildman–Crippen LogP) is 4.92. The van der Waals surface area contributed by atoms with E-state index in [0.717, 1.165) is 27.8 Å². The van der Waals surface area contributed by atoms with E-state index in [-0.39, 0.29) is 11.3 Å². The van der Waals surface area contributed by atoms with E-state index in [9.17, 15) is 4.79 Å². The molecule has 1 amide bonds. The van der Waals surface area contributed by atoms with E-state index in [1.54, 1.807) is 11.9 Å². The Kier molecular flexibility index (Phi) is 3.60. The van der Waals surface area contributed by atoms with Gasteiger partial charge in [0.25, 0.3) is 0 Å². The third-order valence-corrected chi connectivity index (χ3v) is 7.78. The third kappa shape index (κ3) is 2.32. The van der Waals surface area contributed by atoms with Crippen LogP contribution in [0.15, 0.2) is 33.8 Å². The van der Waals surface area contributed by atoms with Crippen molar-refractivity contribution >= 4 is 27.7 Å². The molecule has 1 heterocycles. The number of carbonyl (C=O) groups excluding carboxylic acids is 1. The monoisotopic (exact) mass is 416 g/mol. The van der Waals surface area contributed by atoms with Crippen LogP contribution >= 0.6 is 15.9 Å². The van der Waals surface area contributed by atoms with Crippen molar-refractivity contribution in [1.29, 1.82) is 0 Å². The standard InChI is InChI=1S/C21H25BrN2O2/c1-13(25)24-20(2,26-19(23-24)17-4-3-5-18(22)9-17)21-10-14-6-15(11-21)8-16(7-14)12-21/h3-5,9,14-16H,6-8,10-12H2,1-2H3/t14?,15?,16?,20-,21?/m0/s1. The molecule has 26 heavy (non-hydrogen) atoms. The second-order valence-electron chi connectivity index (χ2n) is 9.03. The molecule has 0 unspecified atom stereocenters. The van der Waals surface area contributed by atoms with Crippen molar-refractivity contribution < 1.29 is 9.53 Å². The lowest BCUT2D eigenvalue weighted by Gasteiger charge is -2.61. The maximum absolute atomic E-state index is 12.5. The molecular weight excluding hydrogens is 392 g/mol. The smallest absolute Gasteiger partial charge is 0.243 e. The van der Waals surface area contributed by atoms with Crippen molar-refractivity contribution in [3.8, 4) is 0 Å². The lowest BCUT2D eigenvalue weighted by Crippen LogP contribution is -2.63. The minimum atomic E-state index is -0.674. The Labute approximate surface area is 163 Å². The third-order valence-electron chi connectivity index (χ3n) is 7.28. The zero-order valence-corrected chi connectivity index (χ0v) is 17.0. The molecule has 0 saturated heterocycles. The highest BCUT2D eigenvalue weighted by atomic mass is 79.9. The van der Waals surface area contributed by atoms with Gasteiger partial charge in [-0.25, -0.2) is 0 Å². The van der Waals surface area contributed by atoms with Gasteiger partial charge in [0.15, 0.2) is 0 Å². The summed E-state index contributed by atoms with van der Waals surface area (Å²) in [6, 6.07) is 7.96. The Morgan fingerprint density at radius 1 is 1.19 bits per heavy atom. The van der Waals surface area contributed by atoms with Gasteiger partial charge in [-0.2, -0.15) is 5.01 Å². The summed E-state index contributed by atoms with van der Waals surface area (Å²) < 4.78 is 7.57. The van der Waals surface area contributed by atoms with Crippen molar-refractivity contribution in [1.82, 2.24) is 5.01 Å². The van der Waals surface area contributed by atoms with Crippen LogP contribution in [0.5, 0.6) is 0 Å². The molecular formula is C21H25BrN2O2. The fourth-order valence-corrected chi connectivity index (χ4v) is 6.96. The first-order valence-electron chi connectivity index (χ1n) is 9.73. The Morgan fingerprint density at radius 2 is 1.81 bits per heavy atom. The molecule has 5 heteroatoms. The van der Waals surface area contributed by atoms with E-state index < -0.39 is 5.72 Å². The van der Waals surface area contributed by atoms with Crippen molar-refractivity contribution in [3.63, 3.8) is 0 Å². The van der Waals surface area contributed by atoms with Crippen LogP contribution in [0.25, 0.3) is 0 Å². The van der Waals surface area contributed by atoms with Gasteiger partial charge in [0, 0.05) is 22.4 Å². The van der Waals surface area contributed by atoms with Gasteiger partial charge in [-0.1, -0.05) is 22.0 Å². The van der Waals surface area contributed by atoms with Gasteiger partial charge >= 0.3 is 0 Å². The summed E-state index contributed by atoms with van der Waals surface area (Å²) >= 11 is 3.52. The number of carbonyl (C=O) groups is 1. The number of rotatable bonds is 2. The number of halogens is 1. The maximum atomic E-state index is 12.5. The van der Waals surface area contributed by atoms with E-state index in [1.165, 1.54) is 38.5 Å². The molecule has 5 aliphatic rings. The summed E-state index contributed by atoms with van der Waals surface area (Å²) in [7, 11) is 0. The summed E-state index contributed by atoms with van der Waals surface area (Å²) in [4.78, 5) is 12.5. The molecule has 4 bridgehead atoms. The van der Waals surface area contributed by atoms with Crippen LogP contribution in [0.1, 0.15) is 57.9 Å². The van der Waals surface area contributed by atoms with E-state index in [2.05, 4.69) is 28.0 Å². The summed E-state index contributed by atoms with van der Waals surface area (Å²) in [5.41, 5.74) is 0.274. The first-order valence-corrected chi connectivity index (χ1v) is 10.5.